The highest BCUT2D eigenvalue weighted by Gasteiger charge is 2.32. The summed E-state index contributed by atoms with van der Waals surface area (Å²) in [5.74, 6) is -2.60. The Bertz CT molecular complexity index is 2330. The van der Waals surface area contributed by atoms with Gasteiger partial charge in [0.1, 0.15) is 4.88 Å². The number of carbonyl (C=O) groups excluding carboxylic acids is 6. The molecule has 0 radical (unpaired) electrons. The molecule has 2 aromatic carbocycles. The van der Waals surface area contributed by atoms with E-state index in [0.29, 0.717) is 40.1 Å². The SMILES string of the molecule is Cc1ccc(NC(=O)Nc2ncc(CC(=O)ON(C(=O)c3cnc(NC(=O)Nc4ccc(C)cc4C(=O)C4CCCC4)s3)S(C)(=O)=O)s2)c(C(=O)C2CCCC2)c1. The lowest BCUT2D eigenvalue weighted by Crippen LogP contribution is -2.38. The average Bonchev–Trinajstić information content (AvgIpc) is 4.00. The van der Waals surface area contributed by atoms with Gasteiger partial charge in [-0.1, -0.05) is 64.7 Å². The zero-order chi connectivity index (χ0) is 40.9. The molecule has 19 heteroatoms. The normalized spacial score (nSPS) is 14.5. The number of carbonyl (C=O) groups is 6. The van der Waals surface area contributed by atoms with Gasteiger partial charge in [-0.25, -0.2) is 32.8 Å². The smallest absolute Gasteiger partial charge is 0.322 e. The highest BCUT2D eigenvalue weighted by molar-refractivity contribution is 7.88. The van der Waals surface area contributed by atoms with Crippen molar-refractivity contribution in [1.82, 2.24) is 14.4 Å². The number of hydrogen-bond acceptors (Lipinski definition) is 13. The van der Waals surface area contributed by atoms with Gasteiger partial charge in [-0.05, 0) is 63.8 Å². The van der Waals surface area contributed by atoms with Crippen molar-refractivity contribution in [1.29, 1.82) is 0 Å². The van der Waals surface area contributed by atoms with E-state index in [1.165, 1.54) is 6.20 Å². The third-order valence-corrected chi connectivity index (χ3v) is 12.2. The van der Waals surface area contributed by atoms with Gasteiger partial charge in [-0.3, -0.25) is 25.0 Å². The molecular weight excluding hydrogens is 795 g/mol. The summed E-state index contributed by atoms with van der Waals surface area (Å²) in [6, 6.07) is 8.91. The highest BCUT2D eigenvalue weighted by atomic mass is 32.2. The van der Waals surface area contributed by atoms with Gasteiger partial charge in [0, 0.05) is 34.0 Å². The lowest BCUT2D eigenvalue weighted by atomic mass is 9.94. The van der Waals surface area contributed by atoms with Crippen LogP contribution in [-0.4, -0.2) is 64.6 Å². The number of ketones is 2. The number of sulfonamides is 1. The maximum absolute atomic E-state index is 13.3. The predicted octanol–water partition coefficient (Wildman–Crippen LogP) is 7.35. The minimum atomic E-state index is -4.45. The van der Waals surface area contributed by atoms with E-state index in [0.717, 1.165) is 80.0 Å². The first kappa shape index (κ1) is 41.1. The van der Waals surface area contributed by atoms with Crippen molar-refractivity contribution >= 4 is 89.8 Å². The molecule has 2 heterocycles. The van der Waals surface area contributed by atoms with Crippen LogP contribution < -0.4 is 21.3 Å². The number of benzene rings is 2. The van der Waals surface area contributed by atoms with Gasteiger partial charge in [0.05, 0.1) is 30.2 Å². The van der Waals surface area contributed by atoms with Crippen molar-refractivity contribution < 1.29 is 42.0 Å². The van der Waals surface area contributed by atoms with Gasteiger partial charge in [-0.2, -0.15) is 0 Å². The van der Waals surface area contributed by atoms with E-state index in [1.54, 1.807) is 36.4 Å². The molecule has 0 bridgehead atoms. The molecule has 6 rings (SSSR count). The molecule has 57 heavy (non-hydrogen) atoms. The summed E-state index contributed by atoms with van der Waals surface area (Å²) in [7, 11) is -4.45. The second-order valence-corrected chi connectivity index (χ2v) is 18.0. The standard InChI is InChI=1S/C38H41N7O9S3/c1-21-12-14-28(26(16-21)32(47)23-8-4-5-9-23)41-35(50)43-37-39-19-25(55-37)18-31(46)54-45(57(3,52)53)34(49)30-20-40-38(56-30)44-36(51)42-29-15-13-22(2)17-27(29)33(48)24-10-6-7-11-24/h12-17,19-20,23-24H,4-11,18H2,1-3H3,(H2,39,41,43,50)(H2,40,42,44,51). The molecule has 300 valence electrons. The summed E-state index contributed by atoms with van der Waals surface area (Å²) in [4.78, 5) is 91.4. The molecule has 0 aliphatic heterocycles. The van der Waals surface area contributed by atoms with E-state index in [-0.39, 0.29) is 47.9 Å². The van der Waals surface area contributed by atoms with Crippen molar-refractivity contribution in [3.05, 3.63) is 80.8 Å². The lowest BCUT2D eigenvalue weighted by molar-refractivity contribution is -0.162. The predicted molar refractivity (Wildman–Crippen MR) is 215 cm³/mol. The third-order valence-electron chi connectivity index (χ3n) is 9.51. The minimum absolute atomic E-state index is 0.0145. The number of Topliss-reactive ketones (excluding diaryl/α,β-unsaturated/α-hetero) is 2. The number of nitrogens with zero attached hydrogens (tertiary/aromatic N) is 3. The molecule has 5 amide bonds. The van der Waals surface area contributed by atoms with Crippen molar-refractivity contribution in [3.8, 4) is 0 Å². The van der Waals surface area contributed by atoms with Gasteiger partial charge in [-0.15, -0.1) is 11.3 Å². The van der Waals surface area contributed by atoms with Crippen molar-refractivity contribution in [2.75, 3.05) is 27.5 Å². The highest BCUT2D eigenvalue weighted by Crippen LogP contribution is 2.33. The number of hydrogen-bond donors (Lipinski definition) is 4. The number of rotatable bonds is 12. The Hall–Kier alpha value is -5.53. The van der Waals surface area contributed by atoms with Crippen LogP contribution in [-0.2, 0) is 26.1 Å². The maximum Gasteiger partial charge on any atom is 0.339 e. The summed E-state index contributed by atoms with van der Waals surface area (Å²) in [5.41, 5.74) is 3.24. The van der Waals surface area contributed by atoms with Gasteiger partial charge < -0.3 is 15.5 Å². The number of nitrogens with one attached hydrogen (secondary N) is 4. The zero-order valence-electron chi connectivity index (χ0n) is 31.4. The lowest BCUT2D eigenvalue weighted by Gasteiger charge is -2.17. The number of thiazole rings is 2. The van der Waals surface area contributed by atoms with Crippen LogP contribution >= 0.6 is 22.7 Å². The maximum atomic E-state index is 13.3. The Morgan fingerprint density at radius 3 is 1.68 bits per heavy atom. The molecule has 2 fully saturated rings. The van der Waals surface area contributed by atoms with E-state index in [4.69, 9.17) is 4.84 Å². The van der Waals surface area contributed by atoms with Crippen LogP contribution in [0.15, 0.2) is 48.8 Å². The molecule has 0 saturated heterocycles. The topological polar surface area (TPSA) is 223 Å². The molecule has 4 N–H and O–H groups in total. The first-order chi connectivity index (χ1) is 27.1. The molecule has 4 aromatic rings. The fraction of sp³-hybridized carbons (Fsp3) is 0.368. The van der Waals surface area contributed by atoms with Crippen molar-refractivity contribution in [3.63, 3.8) is 0 Å². The second kappa shape index (κ2) is 17.7. The van der Waals surface area contributed by atoms with Crippen LogP contribution in [0.25, 0.3) is 0 Å². The fourth-order valence-corrected chi connectivity index (χ4v) is 8.96. The molecule has 2 aliphatic rings. The Labute approximate surface area is 336 Å². The number of hydroxylamine groups is 1. The monoisotopic (exact) mass is 835 g/mol. The molecule has 0 atom stereocenters. The van der Waals surface area contributed by atoms with Gasteiger partial charge in [0.15, 0.2) is 21.8 Å². The first-order valence-electron chi connectivity index (χ1n) is 18.3. The molecular formula is C38H41N7O9S3. The molecule has 16 nitrogen and oxygen atoms in total. The Morgan fingerprint density at radius 1 is 0.719 bits per heavy atom. The van der Waals surface area contributed by atoms with Gasteiger partial charge in [0.25, 0.3) is 10.0 Å². The van der Waals surface area contributed by atoms with E-state index in [2.05, 4.69) is 31.2 Å². The van der Waals surface area contributed by atoms with Gasteiger partial charge >= 0.3 is 23.9 Å². The number of amides is 5. The number of anilines is 4. The van der Waals surface area contributed by atoms with Gasteiger partial charge in [0.2, 0.25) is 0 Å². The van der Waals surface area contributed by atoms with Crippen LogP contribution in [0.1, 0.15) is 97.8 Å². The molecule has 2 aromatic heterocycles. The minimum Gasteiger partial charge on any atom is -0.322 e. The summed E-state index contributed by atoms with van der Waals surface area (Å²) in [5, 5.41) is 10.4. The third kappa shape index (κ3) is 10.5. The largest absolute Gasteiger partial charge is 0.339 e. The zero-order valence-corrected chi connectivity index (χ0v) is 33.8. The van der Waals surface area contributed by atoms with Crippen LogP contribution in [0.4, 0.5) is 31.2 Å². The Kier molecular flexibility index (Phi) is 12.8. The first-order valence-corrected chi connectivity index (χ1v) is 21.7. The average molecular weight is 836 g/mol. The summed E-state index contributed by atoms with van der Waals surface area (Å²) in [6.45, 7) is 3.71. The van der Waals surface area contributed by atoms with E-state index >= 15 is 0 Å². The quantitative estimate of drug-likeness (QED) is 0.0816. The Morgan fingerprint density at radius 2 is 1.19 bits per heavy atom. The fourth-order valence-electron chi connectivity index (χ4n) is 6.75. The molecule has 0 unspecified atom stereocenters. The van der Waals surface area contributed by atoms with Crippen LogP contribution in [0, 0.1) is 25.7 Å². The van der Waals surface area contributed by atoms with E-state index < -0.39 is 40.4 Å². The Balaban J connectivity index is 1.04. The molecule has 2 saturated carbocycles. The van der Waals surface area contributed by atoms with E-state index in [9.17, 15) is 37.2 Å². The second-order valence-electron chi connectivity index (χ2n) is 14.0. The number of aromatic nitrogens is 2. The summed E-state index contributed by atoms with van der Waals surface area (Å²) < 4.78 is 25.1. The number of aryl methyl sites for hydroxylation is 2. The summed E-state index contributed by atoms with van der Waals surface area (Å²) >= 11 is 1.55. The molecule has 0 spiro atoms. The summed E-state index contributed by atoms with van der Waals surface area (Å²) in [6.07, 6.45) is 9.60. The molecule has 2 aliphatic carbocycles. The van der Waals surface area contributed by atoms with Crippen molar-refractivity contribution in [2.24, 2.45) is 11.8 Å². The van der Waals surface area contributed by atoms with Crippen LogP contribution in [0.2, 0.25) is 0 Å². The van der Waals surface area contributed by atoms with Crippen molar-refractivity contribution in [2.45, 2.75) is 71.6 Å². The number of urea groups is 2. The van der Waals surface area contributed by atoms with Crippen LogP contribution in [0.3, 0.4) is 0 Å². The van der Waals surface area contributed by atoms with Crippen LogP contribution in [0.5, 0.6) is 0 Å². The van der Waals surface area contributed by atoms with E-state index in [1.807, 2.05) is 13.8 Å².